The molecule has 10 heteroatoms. The van der Waals surface area contributed by atoms with Gasteiger partial charge in [0.1, 0.15) is 0 Å². The third-order valence-corrected chi connectivity index (χ3v) is 4.14. The van der Waals surface area contributed by atoms with Gasteiger partial charge in [-0.05, 0) is 11.1 Å². The Morgan fingerprint density at radius 1 is 0.588 bits per heavy atom. The van der Waals surface area contributed by atoms with Crippen molar-refractivity contribution in [2.45, 2.75) is 0 Å². The molecule has 0 unspecified atom stereocenters. The maximum atomic E-state index is 5.95. The van der Waals surface area contributed by atoms with Crippen molar-refractivity contribution in [2.24, 2.45) is 21.2 Å². The summed E-state index contributed by atoms with van der Waals surface area (Å²) < 4.78 is 0. The summed E-state index contributed by atoms with van der Waals surface area (Å²) in [5, 5.41) is 11.6. The Labute approximate surface area is 195 Å². The highest BCUT2D eigenvalue weighted by molar-refractivity contribution is 5.97. The van der Waals surface area contributed by atoms with Crippen LogP contribution in [0.4, 0.5) is 0 Å². The second-order valence-corrected chi connectivity index (χ2v) is 6.59. The Hall–Kier alpha value is -5.12. The molecule has 1 heterocycles. The summed E-state index contributed by atoms with van der Waals surface area (Å²) >= 11 is 0. The zero-order chi connectivity index (χ0) is 23.4. The van der Waals surface area contributed by atoms with Crippen LogP contribution in [0.25, 0.3) is 0 Å². The Balaban J connectivity index is 1.52. The largest absolute Gasteiger partial charge is 0.380 e. The lowest BCUT2D eigenvalue weighted by Crippen LogP contribution is -2.15. The van der Waals surface area contributed by atoms with Crippen molar-refractivity contribution in [3.63, 3.8) is 0 Å². The first kappa shape index (κ1) is 22.1. The van der Waals surface area contributed by atoms with E-state index in [4.69, 9.17) is 20.2 Å². The highest BCUT2D eigenvalue weighted by Crippen LogP contribution is 2.16. The highest BCUT2D eigenvalue weighted by Gasteiger charge is 2.11. The molecular formula is C24H19N7O3. The third kappa shape index (κ3) is 6.69. The molecule has 1 aromatic heterocycles. The minimum absolute atomic E-state index is 0.134. The lowest BCUT2D eigenvalue weighted by Gasteiger charge is -2.03. The summed E-state index contributed by atoms with van der Waals surface area (Å²) in [4.78, 5) is 27.9. The zero-order valence-electron chi connectivity index (χ0n) is 17.8. The van der Waals surface area contributed by atoms with Gasteiger partial charge in [-0.1, -0.05) is 106 Å². The van der Waals surface area contributed by atoms with Gasteiger partial charge in [-0.2, -0.15) is 0 Å². The van der Waals surface area contributed by atoms with Crippen molar-refractivity contribution in [3.05, 3.63) is 108 Å². The summed E-state index contributed by atoms with van der Waals surface area (Å²) in [6.45, 7) is 0. The van der Waals surface area contributed by atoms with E-state index in [0.29, 0.717) is 5.56 Å². The Kier molecular flexibility index (Phi) is 7.46. The molecule has 0 spiro atoms. The maximum Gasteiger partial charge on any atom is 0.355 e. The molecule has 0 bridgehead atoms. The smallest absolute Gasteiger partial charge is 0.355 e. The van der Waals surface area contributed by atoms with E-state index in [9.17, 15) is 0 Å². The van der Waals surface area contributed by atoms with Gasteiger partial charge in [0.2, 0.25) is 0 Å². The average Bonchev–Trinajstić information content (AvgIpc) is 2.89. The second kappa shape index (κ2) is 11.5. The fourth-order valence-corrected chi connectivity index (χ4v) is 2.54. The molecule has 0 saturated heterocycles. The van der Waals surface area contributed by atoms with Gasteiger partial charge in [0.25, 0.3) is 0 Å². The van der Waals surface area contributed by atoms with Crippen LogP contribution in [-0.2, 0) is 0 Å². The first-order chi connectivity index (χ1) is 16.8. The minimum atomic E-state index is -0.219. The lowest BCUT2D eigenvalue weighted by atomic mass is 10.2. The van der Waals surface area contributed by atoms with Crippen molar-refractivity contribution >= 4 is 18.3 Å². The number of nitrogens with zero attached hydrogens (tertiary/aromatic N) is 6. The molecule has 2 N–H and O–H groups in total. The summed E-state index contributed by atoms with van der Waals surface area (Å²) in [7, 11) is 0. The molecule has 0 atom stereocenters. The normalized spacial score (nSPS) is 11.6. The van der Waals surface area contributed by atoms with Crippen LogP contribution in [0.3, 0.4) is 0 Å². The molecule has 3 aromatic carbocycles. The average molecular weight is 453 g/mol. The Bertz CT molecular complexity index is 1210. The SMILES string of the molecule is NC(=NOc1nc(O/N=C\c2ccccc2)nc(O/N=C\c2ccccc2)n1)c1ccccc1. The van der Waals surface area contributed by atoms with E-state index in [-0.39, 0.29) is 23.9 Å². The summed E-state index contributed by atoms with van der Waals surface area (Å²) in [5.41, 5.74) is 8.28. The van der Waals surface area contributed by atoms with E-state index in [2.05, 4.69) is 30.4 Å². The van der Waals surface area contributed by atoms with Crippen molar-refractivity contribution in [3.8, 4) is 18.0 Å². The molecule has 0 aliphatic carbocycles. The van der Waals surface area contributed by atoms with Crippen molar-refractivity contribution in [2.75, 3.05) is 0 Å². The van der Waals surface area contributed by atoms with E-state index in [1.54, 1.807) is 12.1 Å². The molecule has 0 fully saturated rings. The zero-order valence-corrected chi connectivity index (χ0v) is 17.8. The summed E-state index contributed by atoms with van der Waals surface area (Å²) in [6.07, 6.45) is 3.01. The fourth-order valence-electron chi connectivity index (χ4n) is 2.54. The number of oxime groups is 3. The van der Waals surface area contributed by atoms with E-state index >= 15 is 0 Å². The van der Waals surface area contributed by atoms with Crippen LogP contribution in [0.15, 0.2) is 106 Å². The molecule has 0 saturated carbocycles. The van der Waals surface area contributed by atoms with Crippen LogP contribution in [0.1, 0.15) is 16.7 Å². The van der Waals surface area contributed by atoms with Gasteiger partial charge in [0.15, 0.2) is 5.84 Å². The minimum Gasteiger partial charge on any atom is -0.380 e. The van der Waals surface area contributed by atoms with Crippen molar-refractivity contribution < 1.29 is 14.5 Å². The molecule has 10 nitrogen and oxygen atoms in total. The molecule has 0 aliphatic heterocycles. The van der Waals surface area contributed by atoms with Gasteiger partial charge < -0.3 is 20.2 Å². The summed E-state index contributed by atoms with van der Waals surface area (Å²) in [6, 6.07) is 27.3. The van der Waals surface area contributed by atoms with Gasteiger partial charge in [-0.15, -0.1) is 15.0 Å². The molecule has 168 valence electrons. The predicted octanol–water partition coefficient (Wildman–Crippen LogP) is 3.40. The molecule has 4 rings (SSSR count). The molecule has 0 radical (unpaired) electrons. The van der Waals surface area contributed by atoms with Gasteiger partial charge in [0, 0.05) is 5.56 Å². The van der Waals surface area contributed by atoms with Crippen LogP contribution in [0.5, 0.6) is 18.0 Å². The molecule has 0 amide bonds. The van der Waals surface area contributed by atoms with Crippen LogP contribution in [0, 0.1) is 0 Å². The molecule has 34 heavy (non-hydrogen) atoms. The van der Waals surface area contributed by atoms with Gasteiger partial charge in [-0.25, -0.2) is 0 Å². The summed E-state index contributed by atoms with van der Waals surface area (Å²) in [5.74, 6) is 0.134. The molecule has 0 aliphatic rings. The topological polar surface area (TPSA) is 129 Å². The number of amidine groups is 1. The fraction of sp³-hybridized carbons (Fsp3) is 0. The first-order valence-electron chi connectivity index (χ1n) is 10.1. The van der Waals surface area contributed by atoms with E-state index in [0.717, 1.165) is 11.1 Å². The molecular weight excluding hydrogens is 434 g/mol. The Morgan fingerprint density at radius 2 is 1.00 bits per heavy atom. The Morgan fingerprint density at radius 3 is 1.47 bits per heavy atom. The highest BCUT2D eigenvalue weighted by atomic mass is 16.7. The second-order valence-electron chi connectivity index (χ2n) is 6.59. The number of hydrogen-bond acceptors (Lipinski definition) is 9. The first-order valence-corrected chi connectivity index (χ1v) is 10.1. The van der Waals surface area contributed by atoms with Crippen LogP contribution < -0.4 is 20.2 Å². The maximum absolute atomic E-state index is 5.95. The number of rotatable bonds is 9. The van der Waals surface area contributed by atoms with Crippen molar-refractivity contribution in [1.82, 2.24) is 15.0 Å². The molecule has 4 aromatic rings. The third-order valence-electron chi connectivity index (χ3n) is 4.14. The number of hydrogen-bond donors (Lipinski definition) is 1. The van der Waals surface area contributed by atoms with E-state index in [1.165, 1.54) is 12.4 Å². The van der Waals surface area contributed by atoms with Crippen LogP contribution in [-0.4, -0.2) is 33.2 Å². The lowest BCUT2D eigenvalue weighted by molar-refractivity contribution is 0.251. The predicted molar refractivity (Wildman–Crippen MR) is 127 cm³/mol. The van der Waals surface area contributed by atoms with Crippen LogP contribution >= 0.6 is 0 Å². The van der Waals surface area contributed by atoms with Crippen LogP contribution in [0.2, 0.25) is 0 Å². The standard InChI is InChI=1S/C24H19N7O3/c25-21(20-14-8-3-9-15-20)31-34-24-29-22(32-26-16-18-10-4-1-5-11-18)28-23(30-24)33-27-17-19-12-6-2-7-13-19/h1-17H,(H2,25,31)/b26-16-,27-17-. The van der Waals surface area contributed by atoms with Gasteiger partial charge in [0.05, 0.1) is 12.4 Å². The van der Waals surface area contributed by atoms with Crippen molar-refractivity contribution in [1.29, 1.82) is 0 Å². The van der Waals surface area contributed by atoms with Gasteiger partial charge >= 0.3 is 18.0 Å². The monoisotopic (exact) mass is 453 g/mol. The number of nitrogens with two attached hydrogens (primary N) is 1. The van der Waals surface area contributed by atoms with Gasteiger partial charge in [-0.3, -0.25) is 0 Å². The number of aromatic nitrogens is 3. The van der Waals surface area contributed by atoms with E-state index in [1.807, 2.05) is 78.9 Å². The number of benzene rings is 3. The quantitative estimate of drug-likeness (QED) is 0.234. The van der Waals surface area contributed by atoms with E-state index < -0.39 is 0 Å².